The van der Waals surface area contributed by atoms with E-state index >= 15 is 0 Å². The van der Waals surface area contributed by atoms with E-state index in [0.717, 1.165) is 29.2 Å². The minimum atomic E-state index is -0.104. The van der Waals surface area contributed by atoms with Gasteiger partial charge in [0.15, 0.2) is 0 Å². The van der Waals surface area contributed by atoms with Gasteiger partial charge in [0, 0.05) is 38.4 Å². The molecule has 3 aromatic rings. The number of rotatable bonds is 6. The monoisotopic (exact) mass is 416 g/mol. The molecule has 1 fully saturated rings. The molecule has 8 nitrogen and oxygen atoms in total. The lowest BCUT2D eigenvalue weighted by Crippen LogP contribution is -2.34. The van der Waals surface area contributed by atoms with Gasteiger partial charge in [-0.25, -0.2) is 4.68 Å². The maximum Gasteiger partial charge on any atom is 0.225 e. The molecule has 0 bridgehead atoms. The Hall–Kier alpha value is -2.84. The Balaban J connectivity index is 0.00000240. The Morgan fingerprint density at radius 3 is 2.76 bits per heavy atom. The molecule has 2 N–H and O–H groups in total. The van der Waals surface area contributed by atoms with Gasteiger partial charge in [-0.3, -0.25) is 9.48 Å². The smallest absolute Gasteiger partial charge is 0.225 e. The summed E-state index contributed by atoms with van der Waals surface area (Å²) in [5.41, 5.74) is 2.85. The molecule has 1 aromatic carbocycles. The number of aromatic nitrogens is 4. The van der Waals surface area contributed by atoms with Gasteiger partial charge in [-0.1, -0.05) is 0 Å². The number of methoxy groups -OCH3 is 1. The zero-order chi connectivity index (χ0) is 19.5. The number of halogens is 1. The lowest BCUT2D eigenvalue weighted by molar-refractivity contribution is -0.125. The molecule has 1 saturated heterocycles. The number of amides is 1. The fourth-order valence-corrected chi connectivity index (χ4v) is 3.58. The summed E-state index contributed by atoms with van der Waals surface area (Å²) >= 11 is 0. The highest BCUT2D eigenvalue weighted by atomic mass is 35.5. The number of hydrogen-bond donors (Lipinski definition) is 2. The number of nitrogens with zero attached hydrogens (tertiary/aromatic N) is 4. The van der Waals surface area contributed by atoms with Gasteiger partial charge in [0.25, 0.3) is 0 Å². The SMILES string of the molecule is COc1ccc(-n2ccc(CNC(=O)[C@H]3CNC[C@@H]3c3cnn(C)c3)n2)cc1.Cl. The Labute approximate surface area is 175 Å². The zero-order valence-corrected chi connectivity index (χ0v) is 17.2. The zero-order valence-electron chi connectivity index (χ0n) is 16.4. The average Bonchev–Trinajstić information content (AvgIpc) is 3.46. The standard InChI is InChI=1S/C20H24N6O2.ClH/c1-25-13-14(9-23-25)18-11-21-12-19(18)20(27)22-10-15-7-8-26(24-15)16-3-5-17(28-2)6-4-16;/h3-9,13,18-19,21H,10-12H2,1-2H3,(H,22,27);1H/t18-,19+;/m1./s1. The first kappa shape index (κ1) is 20.9. The summed E-state index contributed by atoms with van der Waals surface area (Å²) in [5, 5.41) is 15.1. The molecule has 9 heteroatoms. The summed E-state index contributed by atoms with van der Waals surface area (Å²) in [6, 6.07) is 9.58. The quantitative estimate of drug-likeness (QED) is 0.638. The topological polar surface area (TPSA) is 86.0 Å². The highest BCUT2D eigenvalue weighted by Gasteiger charge is 2.34. The number of carbonyl (C=O) groups is 1. The Kier molecular flexibility index (Phi) is 6.56. The van der Waals surface area contributed by atoms with Crippen LogP contribution in [-0.4, -0.2) is 45.7 Å². The Morgan fingerprint density at radius 2 is 2.07 bits per heavy atom. The molecule has 0 saturated carbocycles. The van der Waals surface area contributed by atoms with Crippen LogP contribution in [0.2, 0.25) is 0 Å². The molecule has 0 radical (unpaired) electrons. The van der Waals surface area contributed by atoms with E-state index in [1.165, 1.54) is 0 Å². The third-order valence-electron chi connectivity index (χ3n) is 5.13. The van der Waals surface area contributed by atoms with Crippen molar-refractivity contribution < 1.29 is 9.53 Å². The van der Waals surface area contributed by atoms with Gasteiger partial charge >= 0.3 is 0 Å². The first-order valence-electron chi connectivity index (χ1n) is 9.30. The maximum absolute atomic E-state index is 12.7. The van der Waals surface area contributed by atoms with Crippen LogP contribution in [0.15, 0.2) is 48.9 Å². The van der Waals surface area contributed by atoms with Gasteiger partial charge in [0.1, 0.15) is 5.75 Å². The first-order valence-corrected chi connectivity index (χ1v) is 9.30. The van der Waals surface area contributed by atoms with Crippen molar-refractivity contribution >= 4 is 18.3 Å². The van der Waals surface area contributed by atoms with Gasteiger partial charge < -0.3 is 15.4 Å². The fraction of sp³-hybridized carbons (Fsp3) is 0.350. The lowest BCUT2D eigenvalue weighted by Gasteiger charge is -2.16. The van der Waals surface area contributed by atoms with Crippen molar-refractivity contribution in [3.05, 3.63) is 60.2 Å². The molecule has 2 atom stereocenters. The van der Waals surface area contributed by atoms with Crippen LogP contribution in [-0.2, 0) is 18.4 Å². The van der Waals surface area contributed by atoms with Crippen LogP contribution in [0, 0.1) is 5.92 Å². The van der Waals surface area contributed by atoms with Crippen molar-refractivity contribution in [3.63, 3.8) is 0 Å². The number of nitrogens with one attached hydrogen (secondary N) is 2. The van der Waals surface area contributed by atoms with E-state index in [4.69, 9.17) is 4.74 Å². The van der Waals surface area contributed by atoms with Crippen LogP contribution < -0.4 is 15.4 Å². The van der Waals surface area contributed by atoms with E-state index in [1.807, 2.05) is 56.0 Å². The molecule has 4 rings (SSSR count). The molecule has 1 aliphatic rings. The molecule has 3 heterocycles. The minimum absolute atomic E-state index is 0. The number of hydrogen-bond acceptors (Lipinski definition) is 5. The molecular formula is C20H25ClN6O2. The minimum Gasteiger partial charge on any atom is -0.497 e. The van der Waals surface area contributed by atoms with Crippen LogP contribution in [0.5, 0.6) is 5.75 Å². The van der Waals surface area contributed by atoms with Crippen molar-refractivity contribution in [2.45, 2.75) is 12.5 Å². The third-order valence-corrected chi connectivity index (χ3v) is 5.13. The molecule has 0 spiro atoms. The largest absolute Gasteiger partial charge is 0.497 e. The Bertz CT molecular complexity index is 952. The van der Waals surface area contributed by atoms with Crippen molar-refractivity contribution in [3.8, 4) is 11.4 Å². The summed E-state index contributed by atoms with van der Waals surface area (Å²) in [7, 11) is 3.53. The lowest BCUT2D eigenvalue weighted by atomic mass is 9.90. The van der Waals surface area contributed by atoms with Gasteiger partial charge in [0.05, 0.1) is 37.2 Å². The number of ether oxygens (including phenoxy) is 1. The van der Waals surface area contributed by atoms with E-state index in [9.17, 15) is 4.79 Å². The average molecular weight is 417 g/mol. The maximum atomic E-state index is 12.7. The molecule has 1 amide bonds. The van der Waals surface area contributed by atoms with Crippen LogP contribution in [0.1, 0.15) is 17.2 Å². The van der Waals surface area contributed by atoms with Crippen molar-refractivity contribution in [2.75, 3.05) is 20.2 Å². The third kappa shape index (κ3) is 4.60. The van der Waals surface area contributed by atoms with Crippen LogP contribution in [0.4, 0.5) is 0 Å². The molecule has 2 aromatic heterocycles. The molecular weight excluding hydrogens is 392 g/mol. The number of carbonyl (C=O) groups excluding carboxylic acids is 1. The number of aryl methyl sites for hydroxylation is 1. The first-order chi connectivity index (χ1) is 13.6. The summed E-state index contributed by atoms with van der Waals surface area (Å²) in [6.07, 6.45) is 5.71. The van der Waals surface area contributed by atoms with E-state index in [-0.39, 0.29) is 30.2 Å². The molecule has 1 aliphatic heterocycles. The molecule has 29 heavy (non-hydrogen) atoms. The fourth-order valence-electron chi connectivity index (χ4n) is 3.58. The second-order valence-corrected chi connectivity index (χ2v) is 6.99. The molecule has 0 aliphatic carbocycles. The van der Waals surface area contributed by atoms with Crippen molar-refractivity contribution in [2.24, 2.45) is 13.0 Å². The number of benzene rings is 1. The second-order valence-electron chi connectivity index (χ2n) is 6.99. The van der Waals surface area contributed by atoms with Crippen LogP contribution in [0.3, 0.4) is 0 Å². The van der Waals surface area contributed by atoms with Gasteiger partial charge in [-0.05, 0) is 35.9 Å². The normalized spacial score (nSPS) is 18.3. The summed E-state index contributed by atoms with van der Waals surface area (Å²) in [6.45, 7) is 1.86. The van der Waals surface area contributed by atoms with Crippen molar-refractivity contribution in [1.82, 2.24) is 30.2 Å². The van der Waals surface area contributed by atoms with E-state index in [0.29, 0.717) is 13.1 Å². The molecule has 154 valence electrons. The second kappa shape index (κ2) is 9.11. The summed E-state index contributed by atoms with van der Waals surface area (Å²) in [5.74, 6) is 0.882. The summed E-state index contributed by atoms with van der Waals surface area (Å²) in [4.78, 5) is 12.7. The van der Waals surface area contributed by atoms with Gasteiger partial charge in [-0.2, -0.15) is 10.2 Å². The van der Waals surface area contributed by atoms with Crippen molar-refractivity contribution in [1.29, 1.82) is 0 Å². The van der Waals surface area contributed by atoms with E-state index < -0.39 is 0 Å². The van der Waals surface area contributed by atoms with E-state index in [1.54, 1.807) is 16.5 Å². The van der Waals surface area contributed by atoms with Crippen LogP contribution in [0.25, 0.3) is 5.69 Å². The van der Waals surface area contributed by atoms with Gasteiger partial charge in [0.2, 0.25) is 5.91 Å². The predicted octanol–water partition coefficient (Wildman–Crippen LogP) is 1.66. The van der Waals surface area contributed by atoms with Crippen LogP contribution >= 0.6 is 12.4 Å². The van der Waals surface area contributed by atoms with E-state index in [2.05, 4.69) is 20.8 Å². The Morgan fingerprint density at radius 1 is 1.28 bits per heavy atom. The summed E-state index contributed by atoms with van der Waals surface area (Å²) < 4.78 is 8.74. The molecule has 0 unspecified atom stereocenters. The predicted molar refractivity (Wildman–Crippen MR) is 112 cm³/mol. The van der Waals surface area contributed by atoms with Gasteiger partial charge in [-0.15, -0.1) is 12.4 Å². The highest BCUT2D eigenvalue weighted by Crippen LogP contribution is 2.28. The highest BCUT2D eigenvalue weighted by molar-refractivity contribution is 5.85.